The van der Waals surface area contributed by atoms with E-state index in [1.54, 1.807) is 24.3 Å². The van der Waals surface area contributed by atoms with Crippen LogP contribution in [0.25, 0.3) is 0 Å². The van der Waals surface area contributed by atoms with Crippen LogP contribution in [0.15, 0.2) is 54.6 Å². The van der Waals surface area contributed by atoms with Crippen molar-refractivity contribution >= 4 is 35.6 Å². The minimum Gasteiger partial charge on any atom is -0.508 e. The first-order valence-corrected chi connectivity index (χ1v) is 17.4. The molecule has 0 saturated heterocycles. The van der Waals surface area contributed by atoms with Gasteiger partial charge in [0.1, 0.15) is 23.9 Å². The molecule has 278 valence electrons. The van der Waals surface area contributed by atoms with E-state index >= 15 is 0 Å². The van der Waals surface area contributed by atoms with Crippen molar-refractivity contribution < 1.29 is 44.1 Å². The Hall–Kier alpha value is -4.98. The molecule has 4 amide bonds. The summed E-state index contributed by atoms with van der Waals surface area (Å²) in [5.41, 5.74) is 7.71. The largest absolute Gasteiger partial charge is 0.508 e. The number of phenols is 1. The number of aliphatic carboxylic acids is 2. The molecule has 1 aliphatic rings. The number of rotatable bonds is 19. The molecule has 4 atom stereocenters. The molecule has 1 aliphatic carbocycles. The van der Waals surface area contributed by atoms with E-state index in [0.717, 1.165) is 11.1 Å². The van der Waals surface area contributed by atoms with E-state index < -0.39 is 54.3 Å². The average Bonchev–Trinajstić information content (AvgIpc) is 3.09. The number of carboxylic acid groups (broad SMARTS) is 2. The minimum absolute atomic E-state index is 0.0690. The Morgan fingerprint density at radius 1 is 0.745 bits per heavy atom. The number of carboxylic acids is 2. The lowest BCUT2D eigenvalue weighted by Crippen LogP contribution is -2.57. The number of hydrogen-bond donors (Lipinski definition) is 8. The normalized spacial score (nSPS) is 18.0. The van der Waals surface area contributed by atoms with E-state index in [1.165, 1.54) is 0 Å². The molecule has 0 radical (unpaired) electrons. The molecule has 1 saturated carbocycles. The lowest BCUT2D eigenvalue weighted by atomic mass is 9.81. The van der Waals surface area contributed by atoms with Crippen LogP contribution in [-0.2, 0) is 41.6 Å². The fraction of sp³-hybridized carbons (Fsp3) is 0.514. The Kier molecular flexibility index (Phi) is 15.9. The Balaban J connectivity index is 1.60. The zero-order chi connectivity index (χ0) is 37.5. The fourth-order valence-electron chi connectivity index (χ4n) is 6.10. The molecule has 2 aromatic carbocycles. The van der Waals surface area contributed by atoms with Gasteiger partial charge in [0, 0.05) is 25.3 Å². The first-order chi connectivity index (χ1) is 24.2. The molecular weight excluding hydrogens is 658 g/mol. The summed E-state index contributed by atoms with van der Waals surface area (Å²) >= 11 is 0. The highest BCUT2D eigenvalue weighted by Crippen LogP contribution is 2.29. The molecule has 3 rings (SSSR count). The monoisotopic (exact) mass is 709 g/mol. The van der Waals surface area contributed by atoms with Crippen LogP contribution in [0.3, 0.4) is 0 Å². The lowest BCUT2D eigenvalue weighted by molar-refractivity contribution is -0.143. The molecule has 0 spiro atoms. The molecule has 0 bridgehead atoms. The van der Waals surface area contributed by atoms with Gasteiger partial charge in [-0.15, -0.1) is 0 Å². The standard InChI is InChI=1S/C37H51N5O9/c1-22(2)18-30(35(48)40-29(37(50)51)16-17-32(44)45)42-36(49)31(20-23-6-4-3-5-7-23)41-33(46)26-12-8-25(9-13-26)21-39-34(47)28(38)19-24-10-14-27(43)15-11-24/h3-7,10-11,14-15,22,25-26,28-31,43H,8-9,12-13,16-21,38H2,1-2H3,(H,39,47)(H,40,48)(H,41,46)(H,42,49)(H,44,45)(H,50,51). The van der Waals surface area contributed by atoms with Gasteiger partial charge >= 0.3 is 11.9 Å². The van der Waals surface area contributed by atoms with E-state index in [2.05, 4.69) is 21.3 Å². The molecule has 2 aromatic rings. The van der Waals surface area contributed by atoms with E-state index in [0.29, 0.717) is 38.6 Å². The molecule has 14 nitrogen and oxygen atoms in total. The Morgan fingerprint density at radius 3 is 1.92 bits per heavy atom. The molecular formula is C37H51N5O9. The summed E-state index contributed by atoms with van der Waals surface area (Å²) in [6.45, 7) is 4.10. The van der Waals surface area contributed by atoms with Gasteiger partial charge in [0.2, 0.25) is 23.6 Å². The molecule has 4 unspecified atom stereocenters. The van der Waals surface area contributed by atoms with Crippen molar-refractivity contribution in [2.24, 2.45) is 23.5 Å². The third kappa shape index (κ3) is 14.0. The van der Waals surface area contributed by atoms with Gasteiger partial charge in [0.25, 0.3) is 0 Å². The Bertz CT molecular complexity index is 1480. The highest BCUT2D eigenvalue weighted by atomic mass is 16.4. The third-order valence-corrected chi connectivity index (χ3v) is 9.03. The predicted molar refractivity (Wildman–Crippen MR) is 188 cm³/mol. The number of hydrogen-bond acceptors (Lipinski definition) is 8. The number of benzene rings is 2. The van der Waals surface area contributed by atoms with Crippen molar-refractivity contribution in [3.63, 3.8) is 0 Å². The molecule has 51 heavy (non-hydrogen) atoms. The van der Waals surface area contributed by atoms with Gasteiger partial charge in [-0.3, -0.25) is 24.0 Å². The number of carbonyl (C=O) groups is 6. The summed E-state index contributed by atoms with van der Waals surface area (Å²) in [6, 6.07) is 11.2. The SMILES string of the molecule is CC(C)CC(NC(=O)C(Cc1ccccc1)NC(=O)C1CCC(CNC(=O)C(N)Cc2ccc(O)cc2)CC1)C(=O)NC(CCC(=O)O)C(=O)O. The van der Waals surface area contributed by atoms with Gasteiger partial charge in [-0.25, -0.2) is 4.79 Å². The summed E-state index contributed by atoms with van der Waals surface area (Å²) < 4.78 is 0. The Morgan fingerprint density at radius 2 is 1.33 bits per heavy atom. The van der Waals surface area contributed by atoms with Crippen LogP contribution in [0.4, 0.5) is 0 Å². The highest BCUT2D eigenvalue weighted by Gasteiger charge is 2.33. The molecule has 9 N–H and O–H groups in total. The van der Waals surface area contributed by atoms with Crippen molar-refractivity contribution in [2.45, 2.75) is 95.8 Å². The number of phenolic OH excluding ortho intramolecular Hbond substituents is 1. The zero-order valence-electron chi connectivity index (χ0n) is 29.2. The van der Waals surface area contributed by atoms with Crippen LogP contribution < -0.4 is 27.0 Å². The summed E-state index contributed by atoms with van der Waals surface area (Å²) in [5, 5.41) is 38.8. The van der Waals surface area contributed by atoms with Crippen molar-refractivity contribution in [3.05, 3.63) is 65.7 Å². The Labute approximate surface area is 297 Å². The second-order valence-corrected chi connectivity index (χ2v) is 13.7. The third-order valence-electron chi connectivity index (χ3n) is 9.03. The van der Waals surface area contributed by atoms with Crippen molar-refractivity contribution in [3.8, 4) is 5.75 Å². The van der Waals surface area contributed by atoms with Crippen LogP contribution in [0.1, 0.15) is 69.9 Å². The molecule has 0 heterocycles. The van der Waals surface area contributed by atoms with E-state index in [1.807, 2.05) is 44.2 Å². The molecule has 14 heteroatoms. The van der Waals surface area contributed by atoms with Crippen molar-refractivity contribution in [1.82, 2.24) is 21.3 Å². The maximum absolute atomic E-state index is 13.7. The van der Waals surface area contributed by atoms with Crippen LogP contribution >= 0.6 is 0 Å². The van der Waals surface area contributed by atoms with Gasteiger partial charge in [-0.1, -0.05) is 56.3 Å². The van der Waals surface area contributed by atoms with Crippen LogP contribution in [-0.4, -0.2) is 81.6 Å². The van der Waals surface area contributed by atoms with E-state index in [4.69, 9.17) is 10.8 Å². The minimum atomic E-state index is -1.45. The number of carbonyl (C=O) groups excluding carboxylic acids is 4. The second kappa shape index (κ2) is 20.0. The molecule has 0 aliphatic heterocycles. The number of aromatic hydroxyl groups is 1. The van der Waals surface area contributed by atoms with Gasteiger partial charge in [-0.2, -0.15) is 0 Å². The number of nitrogens with one attached hydrogen (secondary N) is 4. The lowest BCUT2D eigenvalue weighted by Gasteiger charge is -2.30. The maximum Gasteiger partial charge on any atom is 0.326 e. The van der Waals surface area contributed by atoms with Gasteiger partial charge < -0.3 is 42.3 Å². The number of amides is 4. The summed E-state index contributed by atoms with van der Waals surface area (Å²) in [7, 11) is 0. The second-order valence-electron chi connectivity index (χ2n) is 13.7. The first kappa shape index (κ1) is 40.4. The summed E-state index contributed by atoms with van der Waals surface area (Å²) in [6.07, 6.45) is 2.34. The smallest absolute Gasteiger partial charge is 0.326 e. The maximum atomic E-state index is 13.7. The highest BCUT2D eigenvalue weighted by molar-refractivity contribution is 5.94. The van der Waals surface area contributed by atoms with Crippen LogP contribution in [0.5, 0.6) is 5.75 Å². The van der Waals surface area contributed by atoms with Crippen LogP contribution in [0, 0.1) is 17.8 Å². The van der Waals surface area contributed by atoms with Gasteiger partial charge in [0.05, 0.1) is 6.04 Å². The van der Waals surface area contributed by atoms with Crippen molar-refractivity contribution in [2.75, 3.05) is 6.54 Å². The molecule has 0 aromatic heterocycles. The topological polar surface area (TPSA) is 237 Å². The quantitative estimate of drug-likeness (QED) is 0.105. The van der Waals surface area contributed by atoms with E-state index in [-0.39, 0.29) is 54.6 Å². The van der Waals surface area contributed by atoms with Gasteiger partial charge in [-0.05, 0) is 80.0 Å². The predicted octanol–water partition coefficient (Wildman–Crippen LogP) is 1.88. The first-order valence-electron chi connectivity index (χ1n) is 17.4. The molecule has 1 fully saturated rings. The van der Waals surface area contributed by atoms with Gasteiger partial charge in [0.15, 0.2) is 0 Å². The van der Waals surface area contributed by atoms with Crippen LogP contribution in [0.2, 0.25) is 0 Å². The number of nitrogens with two attached hydrogens (primary N) is 1. The summed E-state index contributed by atoms with van der Waals surface area (Å²) in [4.78, 5) is 75.8. The fourth-order valence-corrected chi connectivity index (χ4v) is 6.10. The van der Waals surface area contributed by atoms with Crippen molar-refractivity contribution in [1.29, 1.82) is 0 Å². The van der Waals surface area contributed by atoms with E-state index in [9.17, 15) is 39.0 Å². The zero-order valence-corrected chi connectivity index (χ0v) is 29.2. The average molecular weight is 710 g/mol. The summed E-state index contributed by atoms with van der Waals surface area (Å²) in [5.74, 6) is -4.67.